The van der Waals surface area contributed by atoms with Gasteiger partial charge in [0.25, 0.3) is 0 Å². The molecule has 2 aromatic carbocycles. The van der Waals surface area contributed by atoms with Gasteiger partial charge in [0, 0.05) is 71.2 Å². The van der Waals surface area contributed by atoms with E-state index >= 15 is 0 Å². The molecule has 0 unspecified atom stereocenters. The van der Waals surface area contributed by atoms with E-state index in [1.165, 1.54) is 32.9 Å². The van der Waals surface area contributed by atoms with Crippen molar-refractivity contribution in [1.29, 1.82) is 0 Å². The maximum atomic E-state index is 6.13. The average Bonchev–Trinajstić information content (AvgIpc) is 3.12. The molecule has 0 radical (unpaired) electrons. The highest BCUT2D eigenvalue weighted by atomic mass is 35.5. The molecule has 0 aliphatic carbocycles. The van der Waals surface area contributed by atoms with Crippen LogP contribution in [-0.4, -0.2) is 22.2 Å². The smallest absolute Gasteiger partial charge is 0.0797 e. The first-order chi connectivity index (χ1) is 13.0. The van der Waals surface area contributed by atoms with Crippen LogP contribution in [0, 0.1) is 0 Å². The van der Waals surface area contributed by atoms with Crippen molar-refractivity contribution in [3.05, 3.63) is 70.0 Å². The topological polar surface area (TPSA) is 26.5 Å². The quantitative estimate of drug-likeness (QED) is 0.442. The van der Waals surface area contributed by atoms with Gasteiger partial charge in [0.1, 0.15) is 0 Å². The van der Waals surface area contributed by atoms with E-state index in [-0.39, 0.29) is 12.4 Å². The van der Waals surface area contributed by atoms with Gasteiger partial charge in [-0.05, 0) is 35.4 Å². The SMILES string of the molecule is Cn1cc(CC[NH2+]CCc2cn(C)c3cc(Cl)ccc23)c2ccc(Cl)cc21.[Cl-]. The number of aryl methyl sites for hydroxylation is 2. The third kappa shape index (κ3) is 4.18. The molecule has 0 saturated carbocycles. The molecule has 0 aliphatic rings. The first-order valence-electron chi connectivity index (χ1n) is 9.31. The fraction of sp³-hybridized carbons (Fsp3) is 0.273. The molecule has 28 heavy (non-hydrogen) atoms. The number of nitrogens with two attached hydrogens (primary N) is 1. The maximum Gasteiger partial charge on any atom is 0.0797 e. The fourth-order valence-corrected chi connectivity index (χ4v) is 4.27. The summed E-state index contributed by atoms with van der Waals surface area (Å²) < 4.78 is 4.33. The zero-order chi connectivity index (χ0) is 19.0. The number of rotatable bonds is 6. The molecule has 0 spiro atoms. The van der Waals surface area contributed by atoms with E-state index in [2.05, 4.69) is 53.1 Å². The molecule has 2 heterocycles. The van der Waals surface area contributed by atoms with Crippen LogP contribution in [0.5, 0.6) is 0 Å². The van der Waals surface area contributed by atoms with Crippen LogP contribution < -0.4 is 17.7 Å². The van der Waals surface area contributed by atoms with Gasteiger partial charge >= 0.3 is 0 Å². The molecule has 0 aliphatic heterocycles. The first kappa shape index (κ1) is 21.1. The zero-order valence-corrected chi connectivity index (χ0v) is 18.3. The summed E-state index contributed by atoms with van der Waals surface area (Å²) >= 11 is 12.3. The molecule has 0 amide bonds. The maximum absolute atomic E-state index is 6.13. The van der Waals surface area contributed by atoms with Gasteiger partial charge in [-0.2, -0.15) is 0 Å². The molecule has 148 valence electrons. The molecule has 4 rings (SSSR count). The Bertz CT molecular complexity index is 1020. The molecule has 2 N–H and O–H groups in total. The highest BCUT2D eigenvalue weighted by Crippen LogP contribution is 2.25. The lowest BCUT2D eigenvalue weighted by molar-refractivity contribution is -0.653. The van der Waals surface area contributed by atoms with Gasteiger partial charge in [-0.25, -0.2) is 0 Å². The first-order valence-corrected chi connectivity index (χ1v) is 10.1. The van der Waals surface area contributed by atoms with Crippen LogP contribution in [0.1, 0.15) is 11.1 Å². The van der Waals surface area contributed by atoms with Crippen LogP contribution in [0.4, 0.5) is 0 Å². The van der Waals surface area contributed by atoms with E-state index in [1.54, 1.807) is 0 Å². The summed E-state index contributed by atoms with van der Waals surface area (Å²) in [7, 11) is 4.16. The third-order valence-corrected chi connectivity index (χ3v) is 5.78. The van der Waals surface area contributed by atoms with E-state index in [0.29, 0.717) is 0 Å². The monoisotopic (exact) mass is 435 g/mol. The van der Waals surface area contributed by atoms with Crippen molar-refractivity contribution >= 4 is 45.0 Å². The van der Waals surface area contributed by atoms with Crippen LogP contribution in [0.25, 0.3) is 21.8 Å². The number of benzene rings is 2. The number of halogens is 3. The van der Waals surface area contributed by atoms with Crippen molar-refractivity contribution < 1.29 is 17.7 Å². The summed E-state index contributed by atoms with van der Waals surface area (Å²) in [6, 6.07) is 12.3. The minimum absolute atomic E-state index is 0. The number of hydrogen-bond acceptors (Lipinski definition) is 0. The predicted octanol–water partition coefficient (Wildman–Crippen LogP) is 1.33. The molecular formula is C22H24Cl3N3. The van der Waals surface area contributed by atoms with E-state index < -0.39 is 0 Å². The largest absolute Gasteiger partial charge is 1.00 e. The number of hydrogen-bond donors (Lipinski definition) is 1. The molecule has 0 saturated heterocycles. The fourth-order valence-electron chi connectivity index (χ4n) is 3.94. The Morgan fingerprint density at radius 3 is 1.61 bits per heavy atom. The second-order valence-electron chi connectivity index (χ2n) is 7.22. The highest BCUT2D eigenvalue weighted by molar-refractivity contribution is 6.31. The van der Waals surface area contributed by atoms with Crippen LogP contribution in [0.2, 0.25) is 10.0 Å². The lowest BCUT2D eigenvalue weighted by Crippen LogP contribution is -3.00. The summed E-state index contributed by atoms with van der Waals surface area (Å²) in [6.45, 7) is 2.16. The zero-order valence-electron chi connectivity index (χ0n) is 16.1. The predicted molar refractivity (Wildman–Crippen MR) is 115 cm³/mol. The van der Waals surface area contributed by atoms with Gasteiger partial charge < -0.3 is 26.9 Å². The van der Waals surface area contributed by atoms with Gasteiger partial charge in [-0.1, -0.05) is 35.3 Å². The van der Waals surface area contributed by atoms with Crippen LogP contribution in [-0.2, 0) is 26.9 Å². The number of fused-ring (bicyclic) bond motifs is 2. The van der Waals surface area contributed by atoms with Crippen molar-refractivity contribution in [2.75, 3.05) is 13.1 Å². The van der Waals surface area contributed by atoms with Gasteiger partial charge in [0.05, 0.1) is 13.1 Å². The Kier molecular flexibility index (Phi) is 6.61. The van der Waals surface area contributed by atoms with Crippen LogP contribution >= 0.6 is 23.2 Å². The van der Waals surface area contributed by atoms with E-state index in [4.69, 9.17) is 23.2 Å². The molecular weight excluding hydrogens is 413 g/mol. The lowest BCUT2D eigenvalue weighted by Gasteiger charge is -2.02. The molecule has 3 nitrogen and oxygen atoms in total. The molecule has 0 atom stereocenters. The Balaban J connectivity index is 0.00000225. The summed E-state index contributed by atoms with van der Waals surface area (Å²) in [5, 5.41) is 6.60. The summed E-state index contributed by atoms with van der Waals surface area (Å²) in [5.41, 5.74) is 5.18. The Hall–Kier alpha value is -1.65. The molecule has 4 aromatic rings. The van der Waals surface area contributed by atoms with Crippen molar-refractivity contribution in [1.82, 2.24) is 9.13 Å². The molecule has 0 fully saturated rings. The third-order valence-electron chi connectivity index (χ3n) is 5.31. The van der Waals surface area contributed by atoms with Crippen LogP contribution in [0.15, 0.2) is 48.8 Å². The van der Waals surface area contributed by atoms with Gasteiger partial charge in [-0.15, -0.1) is 0 Å². The standard InChI is InChI=1S/C22H23Cl2N3.ClH/c1-26-13-15(19-5-3-17(23)11-21(19)26)7-9-25-10-8-16-14-27(2)22-12-18(24)4-6-20(16)22;/h3-6,11-14,25H,7-10H2,1-2H3;1H. The minimum atomic E-state index is 0. The Morgan fingerprint density at radius 2 is 1.18 bits per heavy atom. The van der Waals surface area contributed by atoms with E-state index in [9.17, 15) is 0 Å². The Morgan fingerprint density at radius 1 is 0.750 bits per heavy atom. The molecule has 6 heteroatoms. The summed E-state index contributed by atoms with van der Waals surface area (Å²) in [4.78, 5) is 0. The number of nitrogens with zero attached hydrogens (tertiary/aromatic N) is 2. The van der Waals surface area contributed by atoms with E-state index in [1.807, 2.05) is 24.3 Å². The Labute approximate surface area is 181 Å². The highest BCUT2D eigenvalue weighted by Gasteiger charge is 2.09. The summed E-state index contributed by atoms with van der Waals surface area (Å²) in [5.74, 6) is 0. The van der Waals surface area contributed by atoms with Gasteiger partial charge in [0.15, 0.2) is 0 Å². The second kappa shape index (κ2) is 8.79. The average molecular weight is 437 g/mol. The number of quaternary nitrogens is 1. The number of aromatic nitrogens is 2. The second-order valence-corrected chi connectivity index (χ2v) is 8.09. The van der Waals surface area contributed by atoms with Gasteiger partial charge in [0.2, 0.25) is 0 Å². The normalized spacial score (nSPS) is 11.3. The summed E-state index contributed by atoms with van der Waals surface area (Å²) in [6.07, 6.45) is 6.57. The molecule has 2 aromatic heterocycles. The molecule has 0 bridgehead atoms. The van der Waals surface area contributed by atoms with Gasteiger partial charge in [-0.3, -0.25) is 0 Å². The van der Waals surface area contributed by atoms with Crippen molar-refractivity contribution in [3.63, 3.8) is 0 Å². The van der Waals surface area contributed by atoms with Crippen LogP contribution in [0.3, 0.4) is 0 Å². The van der Waals surface area contributed by atoms with Crippen molar-refractivity contribution in [2.24, 2.45) is 14.1 Å². The minimum Gasteiger partial charge on any atom is -1.00 e. The van der Waals surface area contributed by atoms with Crippen molar-refractivity contribution in [3.8, 4) is 0 Å². The lowest BCUT2D eigenvalue weighted by atomic mass is 10.1. The van der Waals surface area contributed by atoms with E-state index in [0.717, 1.165) is 36.0 Å². The van der Waals surface area contributed by atoms with Crippen molar-refractivity contribution in [2.45, 2.75) is 12.8 Å².